The Hall–Kier alpha value is -1.99. The molecular formula is C13H9BrClN3O3. The molecule has 0 aliphatic heterocycles. The number of hydrogen-bond donors (Lipinski definition) is 1. The zero-order valence-corrected chi connectivity index (χ0v) is 13.1. The summed E-state index contributed by atoms with van der Waals surface area (Å²) in [6.07, 6.45) is 0. The fourth-order valence-corrected chi connectivity index (χ4v) is 2.16. The third-order valence-corrected chi connectivity index (χ3v) is 3.83. The quantitative estimate of drug-likeness (QED) is 0.654. The van der Waals surface area contributed by atoms with E-state index in [1.54, 1.807) is 19.1 Å². The Labute approximate surface area is 133 Å². The number of aryl methyl sites for hydroxylation is 1. The van der Waals surface area contributed by atoms with Crippen molar-refractivity contribution >= 4 is 44.9 Å². The second-order valence-electron chi connectivity index (χ2n) is 4.11. The van der Waals surface area contributed by atoms with Crippen molar-refractivity contribution < 1.29 is 9.72 Å². The molecule has 0 bridgehead atoms. The lowest BCUT2D eigenvalue weighted by atomic mass is 10.1. The molecule has 0 unspecified atom stereocenters. The molecule has 21 heavy (non-hydrogen) atoms. The van der Waals surface area contributed by atoms with Crippen molar-refractivity contribution in [2.24, 2.45) is 0 Å². The van der Waals surface area contributed by atoms with Crippen LogP contribution < -0.4 is 5.32 Å². The Balaban J connectivity index is 2.36. The Kier molecular flexibility index (Phi) is 4.54. The maximum absolute atomic E-state index is 12.2. The number of pyridine rings is 1. The van der Waals surface area contributed by atoms with Gasteiger partial charge in [0, 0.05) is 10.5 Å². The number of nitrogens with one attached hydrogen (secondary N) is 1. The van der Waals surface area contributed by atoms with E-state index < -0.39 is 10.8 Å². The predicted octanol–water partition coefficient (Wildman–Crippen LogP) is 3.97. The number of carbonyl (C=O) groups is 1. The monoisotopic (exact) mass is 369 g/mol. The van der Waals surface area contributed by atoms with Gasteiger partial charge in [-0.3, -0.25) is 14.9 Å². The molecule has 0 aliphatic rings. The minimum atomic E-state index is -0.679. The van der Waals surface area contributed by atoms with Gasteiger partial charge in [0.2, 0.25) is 0 Å². The number of nitrogens with zero attached hydrogens (tertiary/aromatic N) is 2. The Morgan fingerprint density at radius 3 is 2.71 bits per heavy atom. The highest BCUT2D eigenvalue weighted by Gasteiger charge is 2.23. The van der Waals surface area contributed by atoms with Crippen LogP contribution in [0.1, 0.15) is 16.1 Å². The summed E-state index contributed by atoms with van der Waals surface area (Å²) in [6, 6.07) is 7.36. The van der Waals surface area contributed by atoms with E-state index in [1.165, 1.54) is 18.2 Å². The maximum Gasteiger partial charge on any atom is 0.283 e. The first-order chi connectivity index (χ1) is 9.90. The molecule has 0 spiro atoms. The van der Waals surface area contributed by atoms with Crippen molar-refractivity contribution in [1.82, 2.24) is 4.98 Å². The average molecular weight is 371 g/mol. The number of rotatable bonds is 3. The van der Waals surface area contributed by atoms with Crippen LogP contribution in [0.3, 0.4) is 0 Å². The van der Waals surface area contributed by atoms with E-state index in [0.29, 0.717) is 5.69 Å². The lowest BCUT2D eigenvalue weighted by molar-refractivity contribution is -0.385. The van der Waals surface area contributed by atoms with Gasteiger partial charge in [-0.05, 0) is 41.1 Å². The topological polar surface area (TPSA) is 85.1 Å². The molecule has 2 aromatic rings. The maximum atomic E-state index is 12.2. The summed E-state index contributed by atoms with van der Waals surface area (Å²) in [5.41, 5.74) is 0.141. The Morgan fingerprint density at radius 2 is 2.10 bits per heavy atom. The molecule has 1 aromatic carbocycles. The molecule has 108 valence electrons. The fraction of sp³-hybridized carbons (Fsp3) is 0.0769. The van der Waals surface area contributed by atoms with Gasteiger partial charge in [-0.15, -0.1) is 0 Å². The number of hydrogen-bond acceptors (Lipinski definition) is 4. The van der Waals surface area contributed by atoms with Gasteiger partial charge < -0.3 is 5.32 Å². The van der Waals surface area contributed by atoms with Crippen LogP contribution in [0.2, 0.25) is 5.02 Å². The normalized spacial score (nSPS) is 10.2. The van der Waals surface area contributed by atoms with Crippen molar-refractivity contribution in [2.75, 3.05) is 5.32 Å². The van der Waals surface area contributed by atoms with Gasteiger partial charge >= 0.3 is 0 Å². The van der Waals surface area contributed by atoms with E-state index in [1.807, 2.05) is 0 Å². The SMILES string of the molecule is Cc1nc(NC(=O)c2c(Cl)cccc2[N+](=O)[O-])ccc1Br. The van der Waals surface area contributed by atoms with Crippen LogP contribution in [-0.4, -0.2) is 15.8 Å². The minimum Gasteiger partial charge on any atom is -0.306 e. The molecule has 1 amide bonds. The van der Waals surface area contributed by atoms with E-state index in [2.05, 4.69) is 26.2 Å². The molecule has 0 aliphatic carbocycles. The van der Waals surface area contributed by atoms with E-state index in [0.717, 1.165) is 4.47 Å². The molecule has 0 saturated heterocycles. The van der Waals surface area contributed by atoms with Crippen molar-refractivity contribution in [2.45, 2.75) is 6.92 Å². The molecular weight excluding hydrogens is 362 g/mol. The first-order valence-corrected chi connectivity index (χ1v) is 6.94. The third-order valence-electron chi connectivity index (χ3n) is 2.68. The standard InChI is InChI=1S/C13H9BrClN3O3/c1-7-8(14)5-6-11(16-7)17-13(19)12-9(15)3-2-4-10(12)18(20)21/h2-6H,1H3,(H,16,17,19). The lowest BCUT2D eigenvalue weighted by Gasteiger charge is -2.08. The summed E-state index contributed by atoms with van der Waals surface area (Å²) in [5, 5.41) is 13.5. The van der Waals surface area contributed by atoms with E-state index in [4.69, 9.17) is 11.6 Å². The van der Waals surface area contributed by atoms with Gasteiger partial charge in [0.05, 0.1) is 15.6 Å². The molecule has 1 N–H and O–H groups in total. The van der Waals surface area contributed by atoms with E-state index in [9.17, 15) is 14.9 Å². The Morgan fingerprint density at radius 1 is 1.38 bits per heavy atom. The summed E-state index contributed by atoms with van der Waals surface area (Å²) < 4.78 is 0.796. The first kappa shape index (κ1) is 15.4. The molecule has 2 rings (SSSR count). The number of nitro groups is 1. The van der Waals surface area contributed by atoms with Gasteiger partial charge in [0.25, 0.3) is 11.6 Å². The van der Waals surface area contributed by atoms with Crippen LogP contribution in [0.4, 0.5) is 11.5 Å². The zero-order chi connectivity index (χ0) is 15.6. The number of carbonyl (C=O) groups excluding carboxylic acids is 1. The largest absolute Gasteiger partial charge is 0.306 e. The summed E-state index contributed by atoms with van der Waals surface area (Å²) in [7, 11) is 0. The second kappa shape index (κ2) is 6.19. The number of amides is 1. The number of benzene rings is 1. The fourth-order valence-electron chi connectivity index (χ4n) is 1.68. The van der Waals surface area contributed by atoms with Crippen LogP contribution >= 0.6 is 27.5 Å². The minimum absolute atomic E-state index is 0.00975. The van der Waals surface area contributed by atoms with Crippen molar-refractivity contribution in [3.8, 4) is 0 Å². The summed E-state index contributed by atoms with van der Waals surface area (Å²) >= 11 is 9.20. The average Bonchev–Trinajstić information content (AvgIpc) is 2.42. The van der Waals surface area contributed by atoms with Crippen LogP contribution in [0, 0.1) is 17.0 Å². The third kappa shape index (κ3) is 3.37. The van der Waals surface area contributed by atoms with E-state index >= 15 is 0 Å². The highest BCUT2D eigenvalue weighted by atomic mass is 79.9. The second-order valence-corrected chi connectivity index (χ2v) is 5.37. The zero-order valence-electron chi connectivity index (χ0n) is 10.8. The molecule has 1 aromatic heterocycles. The number of anilines is 1. The molecule has 0 atom stereocenters. The van der Waals surface area contributed by atoms with Crippen LogP contribution in [0.15, 0.2) is 34.8 Å². The number of aromatic nitrogens is 1. The summed E-state index contributed by atoms with van der Waals surface area (Å²) in [4.78, 5) is 26.7. The van der Waals surface area contributed by atoms with Crippen molar-refractivity contribution in [3.05, 3.63) is 61.2 Å². The Bertz CT molecular complexity index is 737. The van der Waals surface area contributed by atoms with Gasteiger partial charge in [0.15, 0.2) is 0 Å². The van der Waals surface area contributed by atoms with Crippen LogP contribution in [0.5, 0.6) is 0 Å². The highest BCUT2D eigenvalue weighted by molar-refractivity contribution is 9.10. The summed E-state index contributed by atoms with van der Waals surface area (Å²) in [6.45, 7) is 1.76. The van der Waals surface area contributed by atoms with Gasteiger partial charge in [-0.2, -0.15) is 0 Å². The van der Waals surface area contributed by atoms with Crippen molar-refractivity contribution in [1.29, 1.82) is 0 Å². The lowest BCUT2D eigenvalue weighted by Crippen LogP contribution is -2.15. The van der Waals surface area contributed by atoms with Gasteiger partial charge in [-0.1, -0.05) is 17.7 Å². The van der Waals surface area contributed by atoms with E-state index in [-0.39, 0.29) is 22.1 Å². The summed E-state index contributed by atoms with van der Waals surface area (Å²) in [5.74, 6) is -0.392. The van der Waals surface area contributed by atoms with Crippen molar-refractivity contribution in [3.63, 3.8) is 0 Å². The number of nitro benzene ring substituents is 1. The van der Waals surface area contributed by atoms with Crippen LogP contribution in [0.25, 0.3) is 0 Å². The molecule has 8 heteroatoms. The first-order valence-electron chi connectivity index (χ1n) is 5.77. The number of halogens is 2. The predicted molar refractivity (Wildman–Crippen MR) is 82.7 cm³/mol. The van der Waals surface area contributed by atoms with Gasteiger partial charge in [0.1, 0.15) is 11.4 Å². The molecule has 0 radical (unpaired) electrons. The molecule has 0 saturated carbocycles. The van der Waals surface area contributed by atoms with Gasteiger partial charge in [-0.25, -0.2) is 4.98 Å². The molecule has 1 heterocycles. The van der Waals surface area contributed by atoms with Crippen LogP contribution in [-0.2, 0) is 0 Å². The molecule has 6 nitrogen and oxygen atoms in total. The smallest absolute Gasteiger partial charge is 0.283 e. The molecule has 0 fully saturated rings. The highest BCUT2D eigenvalue weighted by Crippen LogP contribution is 2.27.